The van der Waals surface area contributed by atoms with Crippen molar-refractivity contribution < 1.29 is 4.52 Å². The van der Waals surface area contributed by atoms with Gasteiger partial charge < -0.3 is 9.84 Å². The molecule has 0 radical (unpaired) electrons. The van der Waals surface area contributed by atoms with Gasteiger partial charge in [0.1, 0.15) is 5.82 Å². The van der Waals surface area contributed by atoms with E-state index in [4.69, 9.17) is 16.1 Å². The lowest BCUT2D eigenvalue weighted by Crippen LogP contribution is -2.07. The second-order valence-corrected chi connectivity index (χ2v) is 3.54. The van der Waals surface area contributed by atoms with Crippen molar-refractivity contribution in [2.45, 2.75) is 13.3 Å². The Bertz CT molecular complexity index is 455. The van der Waals surface area contributed by atoms with Gasteiger partial charge >= 0.3 is 0 Å². The van der Waals surface area contributed by atoms with E-state index in [9.17, 15) is 0 Å². The SMILES string of the molecule is Cc1noc(CCNc2ccc(Cl)nn2)n1. The number of hydrogen-bond acceptors (Lipinski definition) is 6. The molecule has 16 heavy (non-hydrogen) atoms. The summed E-state index contributed by atoms with van der Waals surface area (Å²) in [5, 5.41) is 14.7. The molecule has 0 aliphatic rings. The zero-order valence-electron chi connectivity index (χ0n) is 8.64. The molecule has 0 fully saturated rings. The van der Waals surface area contributed by atoms with Gasteiger partial charge in [0, 0.05) is 13.0 Å². The summed E-state index contributed by atoms with van der Waals surface area (Å²) in [5.74, 6) is 1.91. The van der Waals surface area contributed by atoms with E-state index in [0.717, 1.165) is 0 Å². The van der Waals surface area contributed by atoms with Gasteiger partial charge in [-0.05, 0) is 19.1 Å². The maximum Gasteiger partial charge on any atom is 0.228 e. The average molecular weight is 240 g/mol. The summed E-state index contributed by atoms with van der Waals surface area (Å²) >= 11 is 5.61. The lowest BCUT2D eigenvalue weighted by molar-refractivity contribution is 0.377. The molecule has 0 atom stereocenters. The van der Waals surface area contributed by atoms with Crippen LogP contribution in [0.15, 0.2) is 16.7 Å². The Morgan fingerprint density at radius 1 is 1.38 bits per heavy atom. The highest BCUT2D eigenvalue weighted by atomic mass is 35.5. The normalized spacial score (nSPS) is 10.4. The summed E-state index contributed by atoms with van der Waals surface area (Å²) in [6.45, 7) is 2.43. The highest BCUT2D eigenvalue weighted by molar-refractivity contribution is 6.29. The first-order valence-corrected chi connectivity index (χ1v) is 5.14. The Labute approximate surface area is 97.0 Å². The summed E-state index contributed by atoms with van der Waals surface area (Å²) in [5.41, 5.74) is 0. The first-order valence-electron chi connectivity index (χ1n) is 4.76. The fourth-order valence-corrected chi connectivity index (χ4v) is 1.25. The van der Waals surface area contributed by atoms with Gasteiger partial charge in [-0.1, -0.05) is 16.8 Å². The molecule has 84 valence electrons. The average Bonchev–Trinajstić information content (AvgIpc) is 2.67. The third-order valence-corrected chi connectivity index (χ3v) is 2.05. The lowest BCUT2D eigenvalue weighted by Gasteiger charge is -2.01. The van der Waals surface area contributed by atoms with Crippen molar-refractivity contribution in [3.05, 3.63) is 29.0 Å². The zero-order valence-corrected chi connectivity index (χ0v) is 9.40. The molecule has 1 N–H and O–H groups in total. The van der Waals surface area contributed by atoms with E-state index in [2.05, 4.69) is 25.7 Å². The Hall–Kier alpha value is -1.69. The summed E-state index contributed by atoms with van der Waals surface area (Å²) in [7, 11) is 0. The van der Waals surface area contributed by atoms with Crippen LogP contribution in [-0.4, -0.2) is 26.9 Å². The number of nitrogens with zero attached hydrogens (tertiary/aromatic N) is 4. The number of aromatic nitrogens is 4. The van der Waals surface area contributed by atoms with E-state index in [1.54, 1.807) is 19.1 Å². The van der Waals surface area contributed by atoms with Crippen LogP contribution in [0.1, 0.15) is 11.7 Å². The summed E-state index contributed by atoms with van der Waals surface area (Å²) < 4.78 is 4.96. The molecule has 0 bridgehead atoms. The minimum atomic E-state index is 0.373. The summed E-state index contributed by atoms with van der Waals surface area (Å²) in [4.78, 5) is 4.08. The van der Waals surface area contributed by atoms with Crippen molar-refractivity contribution in [2.75, 3.05) is 11.9 Å². The maximum atomic E-state index is 5.61. The quantitative estimate of drug-likeness (QED) is 0.871. The van der Waals surface area contributed by atoms with E-state index < -0.39 is 0 Å². The van der Waals surface area contributed by atoms with Crippen molar-refractivity contribution in [3.8, 4) is 0 Å². The Kier molecular flexibility index (Phi) is 3.31. The Morgan fingerprint density at radius 2 is 2.25 bits per heavy atom. The van der Waals surface area contributed by atoms with Crippen LogP contribution in [0.3, 0.4) is 0 Å². The predicted octanol–water partition coefficient (Wildman–Crippen LogP) is 1.48. The molecule has 2 heterocycles. The molecule has 0 saturated heterocycles. The lowest BCUT2D eigenvalue weighted by atomic mass is 10.4. The van der Waals surface area contributed by atoms with Gasteiger partial charge in [-0.15, -0.1) is 10.2 Å². The van der Waals surface area contributed by atoms with E-state index in [1.165, 1.54) is 0 Å². The second-order valence-electron chi connectivity index (χ2n) is 3.15. The molecule has 0 amide bonds. The first kappa shape index (κ1) is 10.8. The van der Waals surface area contributed by atoms with E-state index in [0.29, 0.717) is 35.7 Å². The minimum Gasteiger partial charge on any atom is -0.368 e. The molecule has 6 nitrogen and oxygen atoms in total. The van der Waals surface area contributed by atoms with Gasteiger partial charge in [-0.25, -0.2) is 0 Å². The van der Waals surface area contributed by atoms with Crippen LogP contribution in [0.25, 0.3) is 0 Å². The first-order chi connectivity index (χ1) is 7.74. The van der Waals surface area contributed by atoms with Gasteiger partial charge in [-0.2, -0.15) is 4.98 Å². The predicted molar refractivity (Wildman–Crippen MR) is 58.3 cm³/mol. The fraction of sp³-hybridized carbons (Fsp3) is 0.333. The van der Waals surface area contributed by atoms with Crippen molar-refractivity contribution in [1.82, 2.24) is 20.3 Å². The van der Waals surface area contributed by atoms with Crippen molar-refractivity contribution in [3.63, 3.8) is 0 Å². The van der Waals surface area contributed by atoms with Crippen LogP contribution in [0.5, 0.6) is 0 Å². The van der Waals surface area contributed by atoms with E-state index >= 15 is 0 Å². The number of hydrogen-bond donors (Lipinski definition) is 1. The molecule has 0 saturated carbocycles. The van der Waals surface area contributed by atoms with Gasteiger partial charge in [-0.3, -0.25) is 0 Å². The smallest absolute Gasteiger partial charge is 0.228 e. The van der Waals surface area contributed by atoms with Crippen LogP contribution in [-0.2, 0) is 6.42 Å². The van der Waals surface area contributed by atoms with Crippen LogP contribution in [0.4, 0.5) is 5.82 Å². The van der Waals surface area contributed by atoms with Gasteiger partial charge in [0.25, 0.3) is 0 Å². The van der Waals surface area contributed by atoms with Crippen LogP contribution in [0.2, 0.25) is 5.15 Å². The zero-order chi connectivity index (χ0) is 11.4. The van der Waals surface area contributed by atoms with Crippen molar-refractivity contribution in [2.24, 2.45) is 0 Å². The standard InChI is InChI=1S/C9H10ClN5O/c1-6-12-9(16-15-6)4-5-11-8-3-2-7(10)13-14-8/h2-3H,4-5H2,1H3,(H,11,14). The molecule has 2 aromatic rings. The number of rotatable bonds is 4. The van der Waals surface area contributed by atoms with Crippen molar-refractivity contribution >= 4 is 17.4 Å². The number of aryl methyl sites for hydroxylation is 1. The molecule has 0 spiro atoms. The monoisotopic (exact) mass is 239 g/mol. The topological polar surface area (TPSA) is 76.7 Å². The van der Waals surface area contributed by atoms with Crippen LogP contribution < -0.4 is 5.32 Å². The van der Waals surface area contributed by atoms with Gasteiger partial charge in [0.2, 0.25) is 5.89 Å². The number of anilines is 1. The molecule has 0 aromatic carbocycles. The number of halogens is 1. The molecule has 0 aliphatic heterocycles. The summed E-state index contributed by atoms with van der Waals surface area (Å²) in [6.07, 6.45) is 0.644. The Balaban J connectivity index is 1.82. The molecular weight excluding hydrogens is 230 g/mol. The second kappa shape index (κ2) is 4.89. The van der Waals surface area contributed by atoms with Crippen molar-refractivity contribution in [1.29, 1.82) is 0 Å². The highest BCUT2D eigenvalue weighted by Crippen LogP contribution is 2.06. The summed E-state index contributed by atoms with van der Waals surface area (Å²) in [6, 6.07) is 3.43. The van der Waals surface area contributed by atoms with E-state index in [-0.39, 0.29) is 0 Å². The maximum absolute atomic E-state index is 5.61. The van der Waals surface area contributed by atoms with Crippen LogP contribution >= 0.6 is 11.6 Å². The largest absolute Gasteiger partial charge is 0.368 e. The highest BCUT2D eigenvalue weighted by Gasteiger charge is 2.02. The molecule has 7 heteroatoms. The van der Waals surface area contributed by atoms with Crippen LogP contribution in [0, 0.1) is 6.92 Å². The third-order valence-electron chi connectivity index (χ3n) is 1.85. The van der Waals surface area contributed by atoms with Gasteiger partial charge in [0.15, 0.2) is 11.0 Å². The molecular formula is C9H10ClN5O. The van der Waals surface area contributed by atoms with Gasteiger partial charge in [0.05, 0.1) is 0 Å². The Morgan fingerprint density at radius 3 is 2.88 bits per heavy atom. The molecule has 2 rings (SSSR count). The number of nitrogens with one attached hydrogen (secondary N) is 1. The molecule has 0 aliphatic carbocycles. The fourth-order valence-electron chi connectivity index (χ4n) is 1.15. The molecule has 2 aromatic heterocycles. The minimum absolute atomic E-state index is 0.373. The van der Waals surface area contributed by atoms with E-state index in [1.807, 2.05) is 0 Å². The molecule has 0 unspecified atom stereocenters. The third kappa shape index (κ3) is 2.90.